The summed E-state index contributed by atoms with van der Waals surface area (Å²) < 4.78 is 0. The van der Waals surface area contributed by atoms with Crippen molar-refractivity contribution in [3.63, 3.8) is 0 Å². The van der Waals surface area contributed by atoms with Gasteiger partial charge in [0.1, 0.15) is 18.4 Å². The van der Waals surface area contributed by atoms with E-state index in [1.54, 1.807) is 30.3 Å². The molecule has 3 heteroatoms. The van der Waals surface area contributed by atoms with E-state index in [4.69, 9.17) is 10.5 Å². The Morgan fingerprint density at radius 1 is 0.833 bits per heavy atom. The van der Waals surface area contributed by atoms with Gasteiger partial charge in [-0.3, -0.25) is 4.79 Å². The van der Waals surface area contributed by atoms with Gasteiger partial charge in [0.15, 0.2) is 0 Å². The fourth-order valence-electron chi connectivity index (χ4n) is 1.67. The highest BCUT2D eigenvalue weighted by Gasteiger charge is 2.04. The lowest BCUT2D eigenvalue weighted by molar-refractivity contribution is 0.112. The number of rotatable bonds is 2. The number of nitrogens with zero attached hydrogens (tertiary/aromatic N) is 2. The number of hydrogen-bond donors (Lipinski definition) is 0. The predicted octanol–water partition coefficient (Wildman–Crippen LogP) is 2.91. The van der Waals surface area contributed by atoms with E-state index in [9.17, 15) is 4.79 Å². The van der Waals surface area contributed by atoms with Gasteiger partial charge in [0.05, 0.1) is 11.1 Å². The van der Waals surface area contributed by atoms with Gasteiger partial charge in [-0.1, -0.05) is 30.3 Å². The summed E-state index contributed by atoms with van der Waals surface area (Å²) >= 11 is 0. The monoisotopic (exact) mass is 232 g/mol. The molecule has 0 aliphatic rings. The molecule has 2 aromatic rings. The molecular weight excluding hydrogens is 224 g/mol. The van der Waals surface area contributed by atoms with E-state index in [0.29, 0.717) is 16.7 Å². The minimum Gasteiger partial charge on any atom is -0.298 e. The van der Waals surface area contributed by atoms with Gasteiger partial charge in [0.25, 0.3) is 0 Å². The number of carbonyl (C=O) groups is 1. The van der Waals surface area contributed by atoms with Crippen LogP contribution in [0, 0.1) is 22.7 Å². The van der Waals surface area contributed by atoms with Crippen molar-refractivity contribution < 1.29 is 4.79 Å². The molecule has 0 unspecified atom stereocenters. The highest BCUT2D eigenvalue weighted by Crippen LogP contribution is 2.22. The first-order valence-corrected chi connectivity index (χ1v) is 5.28. The summed E-state index contributed by atoms with van der Waals surface area (Å²) in [4.78, 5) is 10.6. The molecule has 3 nitrogen and oxygen atoms in total. The number of hydrogen-bond acceptors (Lipinski definition) is 3. The van der Waals surface area contributed by atoms with Crippen LogP contribution in [0.15, 0.2) is 42.5 Å². The lowest BCUT2D eigenvalue weighted by atomic mass is 9.99. The van der Waals surface area contributed by atoms with Gasteiger partial charge in [0.2, 0.25) is 0 Å². The maximum atomic E-state index is 10.6. The van der Waals surface area contributed by atoms with Crippen molar-refractivity contribution in [2.75, 3.05) is 0 Å². The van der Waals surface area contributed by atoms with Crippen LogP contribution < -0.4 is 0 Å². The molecule has 0 amide bonds. The second-order valence-electron chi connectivity index (χ2n) is 3.72. The lowest BCUT2D eigenvalue weighted by Crippen LogP contribution is -1.86. The molecule has 0 spiro atoms. The van der Waals surface area contributed by atoms with E-state index in [0.717, 1.165) is 17.4 Å². The third kappa shape index (κ3) is 2.11. The smallest absolute Gasteiger partial charge is 0.150 e. The summed E-state index contributed by atoms with van der Waals surface area (Å²) in [5.74, 6) is 0. The standard InChI is InChI=1S/C15H8N2O/c16-8-14-6-5-13(7-15(14)9-17)12-3-1-11(10-18)2-4-12/h1-7,10H. The van der Waals surface area contributed by atoms with E-state index in [1.165, 1.54) is 0 Å². The summed E-state index contributed by atoms with van der Waals surface area (Å²) in [5, 5.41) is 17.8. The van der Waals surface area contributed by atoms with Gasteiger partial charge in [-0.05, 0) is 23.3 Å². The molecule has 0 saturated heterocycles. The molecule has 84 valence electrons. The van der Waals surface area contributed by atoms with Crippen LogP contribution in [0.2, 0.25) is 0 Å². The van der Waals surface area contributed by atoms with Crippen molar-refractivity contribution >= 4 is 6.29 Å². The molecule has 0 aromatic heterocycles. The van der Waals surface area contributed by atoms with Crippen LogP contribution in [0.25, 0.3) is 11.1 Å². The van der Waals surface area contributed by atoms with E-state index in [2.05, 4.69) is 0 Å². The summed E-state index contributed by atoms with van der Waals surface area (Å²) in [7, 11) is 0. The molecule has 0 heterocycles. The van der Waals surface area contributed by atoms with Gasteiger partial charge < -0.3 is 0 Å². The Morgan fingerprint density at radius 3 is 2.00 bits per heavy atom. The Morgan fingerprint density at radius 2 is 1.44 bits per heavy atom. The van der Waals surface area contributed by atoms with Crippen molar-refractivity contribution in [3.05, 3.63) is 59.2 Å². The zero-order valence-corrected chi connectivity index (χ0v) is 9.42. The zero-order valence-electron chi connectivity index (χ0n) is 9.42. The third-order valence-corrected chi connectivity index (χ3v) is 2.64. The second-order valence-corrected chi connectivity index (χ2v) is 3.72. The lowest BCUT2D eigenvalue weighted by Gasteiger charge is -2.03. The maximum absolute atomic E-state index is 10.6. The zero-order chi connectivity index (χ0) is 13.0. The van der Waals surface area contributed by atoms with Gasteiger partial charge in [0, 0.05) is 5.56 Å². The van der Waals surface area contributed by atoms with Crippen LogP contribution in [0.5, 0.6) is 0 Å². The second kappa shape index (κ2) is 4.95. The third-order valence-electron chi connectivity index (χ3n) is 2.64. The quantitative estimate of drug-likeness (QED) is 0.748. The van der Waals surface area contributed by atoms with Crippen molar-refractivity contribution in [3.8, 4) is 23.3 Å². The molecule has 0 aliphatic heterocycles. The molecule has 18 heavy (non-hydrogen) atoms. The van der Waals surface area contributed by atoms with Crippen LogP contribution in [-0.4, -0.2) is 6.29 Å². The van der Waals surface area contributed by atoms with Crippen LogP contribution in [0.1, 0.15) is 21.5 Å². The van der Waals surface area contributed by atoms with E-state index >= 15 is 0 Å². The van der Waals surface area contributed by atoms with Crippen LogP contribution in [0.4, 0.5) is 0 Å². The van der Waals surface area contributed by atoms with Crippen LogP contribution in [-0.2, 0) is 0 Å². The SMILES string of the molecule is N#Cc1ccc(-c2ccc(C=O)cc2)cc1C#N. The average Bonchev–Trinajstić information content (AvgIpc) is 2.46. The van der Waals surface area contributed by atoms with E-state index in [1.807, 2.05) is 24.3 Å². The van der Waals surface area contributed by atoms with Crippen molar-refractivity contribution in [2.45, 2.75) is 0 Å². The summed E-state index contributed by atoms with van der Waals surface area (Å²) in [6, 6.07) is 16.1. The van der Waals surface area contributed by atoms with Gasteiger partial charge in [-0.2, -0.15) is 10.5 Å². The highest BCUT2D eigenvalue weighted by molar-refractivity contribution is 5.77. The Labute approximate surface area is 105 Å². The van der Waals surface area contributed by atoms with Gasteiger partial charge >= 0.3 is 0 Å². The first kappa shape index (κ1) is 11.6. The topological polar surface area (TPSA) is 64.7 Å². The average molecular weight is 232 g/mol. The molecular formula is C15H8N2O. The molecule has 2 aromatic carbocycles. The summed E-state index contributed by atoms with van der Waals surface area (Å²) in [6.45, 7) is 0. The first-order valence-electron chi connectivity index (χ1n) is 5.28. The maximum Gasteiger partial charge on any atom is 0.150 e. The molecule has 0 fully saturated rings. The predicted molar refractivity (Wildman–Crippen MR) is 66.7 cm³/mol. The number of benzene rings is 2. The number of nitriles is 2. The number of aldehydes is 1. The normalized spacial score (nSPS) is 9.22. The Kier molecular flexibility index (Phi) is 3.18. The fraction of sp³-hybridized carbons (Fsp3) is 0. The van der Waals surface area contributed by atoms with Crippen molar-refractivity contribution in [1.29, 1.82) is 10.5 Å². The van der Waals surface area contributed by atoms with E-state index in [-0.39, 0.29) is 0 Å². The minimum atomic E-state index is 0.356. The summed E-state index contributed by atoms with van der Waals surface area (Å²) in [5.41, 5.74) is 3.08. The highest BCUT2D eigenvalue weighted by atomic mass is 16.1. The molecule has 0 atom stereocenters. The molecule has 0 radical (unpaired) electrons. The van der Waals surface area contributed by atoms with E-state index < -0.39 is 0 Å². The minimum absolute atomic E-state index is 0.356. The van der Waals surface area contributed by atoms with Crippen LogP contribution in [0.3, 0.4) is 0 Å². The molecule has 0 bridgehead atoms. The van der Waals surface area contributed by atoms with Crippen molar-refractivity contribution in [1.82, 2.24) is 0 Å². The molecule has 2 rings (SSSR count). The van der Waals surface area contributed by atoms with Gasteiger partial charge in [-0.15, -0.1) is 0 Å². The first-order chi connectivity index (χ1) is 8.78. The largest absolute Gasteiger partial charge is 0.298 e. The van der Waals surface area contributed by atoms with Gasteiger partial charge in [-0.25, -0.2) is 0 Å². The van der Waals surface area contributed by atoms with Crippen LogP contribution >= 0.6 is 0 Å². The molecule has 0 aliphatic carbocycles. The van der Waals surface area contributed by atoms with Crippen molar-refractivity contribution in [2.24, 2.45) is 0 Å². The summed E-state index contributed by atoms with van der Waals surface area (Å²) in [6.07, 6.45) is 0.781. The Hall–Kier alpha value is -2.91. The number of carbonyl (C=O) groups excluding carboxylic acids is 1. The Balaban J connectivity index is 2.48. The fourth-order valence-corrected chi connectivity index (χ4v) is 1.67. The molecule has 0 saturated carbocycles. The Bertz CT molecular complexity index is 673. The molecule has 0 N–H and O–H groups in total.